The molecule has 0 aliphatic rings. The van der Waals surface area contributed by atoms with Gasteiger partial charge in [0.1, 0.15) is 23.6 Å². The van der Waals surface area contributed by atoms with Crippen molar-refractivity contribution in [2.24, 2.45) is 0 Å². The minimum Gasteiger partial charge on any atom is -0.462 e. The normalized spacial score (nSPS) is 11.4. The molecule has 21 heavy (non-hydrogen) atoms. The van der Waals surface area contributed by atoms with Crippen molar-refractivity contribution < 1.29 is 13.9 Å². The van der Waals surface area contributed by atoms with Crippen LogP contribution < -0.4 is 5.32 Å². The molecular weight excluding hydrogens is 268 g/mol. The highest BCUT2D eigenvalue weighted by molar-refractivity contribution is 5.77. The number of oxazole rings is 1. The molecule has 0 amide bonds. The first-order valence-corrected chi connectivity index (χ1v) is 6.98. The highest BCUT2D eigenvalue weighted by atomic mass is 16.4. The lowest BCUT2D eigenvalue weighted by molar-refractivity contribution is 0.244. The van der Waals surface area contributed by atoms with Gasteiger partial charge in [-0.2, -0.15) is 0 Å². The van der Waals surface area contributed by atoms with Gasteiger partial charge in [0.15, 0.2) is 11.5 Å². The molecular formula is C16H18N2O3. The predicted octanol–water partition coefficient (Wildman–Crippen LogP) is 3.65. The Balaban J connectivity index is 1.74. The van der Waals surface area contributed by atoms with Gasteiger partial charge in [0.25, 0.3) is 0 Å². The molecule has 0 spiro atoms. The maximum Gasteiger partial charge on any atom is 0.198 e. The van der Waals surface area contributed by atoms with E-state index in [1.807, 2.05) is 24.3 Å². The molecule has 3 rings (SSSR count). The van der Waals surface area contributed by atoms with Gasteiger partial charge < -0.3 is 19.3 Å². The van der Waals surface area contributed by atoms with Gasteiger partial charge in [-0.05, 0) is 30.3 Å². The molecule has 5 heteroatoms. The Morgan fingerprint density at radius 2 is 1.95 bits per heavy atom. The number of aromatic nitrogens is 1. The summed E-state index contributed by atoms with van der Waals surface area (Å²) in [7, 11) is 0. The summed E-state index contributed by atoms with van der Waals surface area (Å²) in [5.41, 5.74) is 2.59. The third-order valence-electron chi connectivity index (χ3n) is 3.24. The summed E-state index contributed by atoms with van der Waals surface area (Å²) in [5.74, 6) is 2.37. The number of aliphatic hydroxyl groups is 1. The Bertz CT molecular complexity index is 743. The minimum absolute atomic E-state index is 0.0805. The highest BCUT2D eigenvalue weighted by Gasteiger charge is 2.09. The summed E-state index contributed by atoms with van der Waals surface area (Å²) >= 11 is 0. The number of rotatable bonds is 5. The second kappa shape index (κ2) is 5.61. The van der Waals surface area contributed by atoms with Gasteiger partial charge in [0.2, 0.25) is 0 Å². The van der Waals surface area contributed by atoms with Gasteiger partial charge in [-0.3, -0.25) is 0 Å². The van der Waals surface area contributed by atoms with Crippen LogP contribution in [0.25, 0.3) is 11.1 Å². The van der Waals surface area contributed by atoms with Crippen LogP contribution in [0.2, 0.25) is 0 Å². The third kappa shape index (κ3) is 2.92. The van der Waals surface area contributed by atoms with E-state index in [0.29, 0.717) is 12.3 Å². The average molecular weight is 286 g/mol. The number of hydrogen-bond acceptors (Lipinski definition) is 5. The van der Waals surface area contributed by atoms with E-state index in [2.05, 4.69) is 24.1 Å². The summed E-state index contributed by atoms with van der Waals surface area (Å²) in [4.78, 5) is 4.48. The number of hydrogen-bond donors (Lipinski definition) is 2. The van der Waals surface area contributed by atoms with Crippen molar-refractivity contribution in [3.05, 3.63) is 47.7 Å². The lowest BCUT2D eigenvalue weighted by Gasteiger charge is -2.03. The fourth-order valence-electron chi connectivity index (χ4n) is 2.09. The van der Waals surface area contributed by atoms with Gasteiger partial charge in [-0.15, -0.1) is 0 Å². The molecule has 110 valence electrons. The second-order valence-electron chi connectivity index (χ2n) is 5.27. The lowest BCUT2D eigenvalue weighted by Crippen LogP contribution is -1.97. The van der Waals surface area contributed by atoms with Gasteiger partial charge in [0, 0.05) is 11.6 Å². The van der Waals surface area contributed by atoms with Gasteiger partial charge >= 0.3 is 0 Å². The Morgan fingerprint density at radius 1 is 1.14 bits per heavy atom. The summed E-state index contributed by atoms with van der Waals surface area (Å²) in [6, 6.07) is 9.45. The summed E-state index contributed by atoms with van der Waals surface area (Å²) in [5, 5.41) is 12.2. The monoisotopic (exact) mass is 286 g/mol. The van der Waals surface area contributed by atoms with E-state index in [1.54, 1.807) is 6.07 Å². The van der Waals surface area contributed by atoms with E-state index >= 15 is 0 Å². The molecule has 2 N–H and O–H groups in total. The highest BCUT2D eigenvalue weighted by Crippen LogP contribution is 2.24. The molecule has 0 saturated heterocycles. The van der Waals surface area contributed by atoms with Crippen LogP contribution in [0, 0.1) is 0 Å². The largest absolute Gasteiger partial charge is 0.462 e. The maximum absolute atomic E-state index is 8.97. The molecule has 0 aliphatic carbocycles. The van der Waals surface area contributed by atoms with Crippen molar-refractivity contribution in [1.82, 2.24) is 4.98 Å². The SMILES string of the molecule is CC(C)c1nc2cc(NCc3ccc(CO)o3)ccc2o1. The van der Waals surface area contributed by atoms with E-state index < -0.39 is 0 Å². The van der Waals surface area contributed by atoms with Crippen molar-refractivity contribution in [2.75, 3.05) is 5.32 Å². The molecule has 0 fully saturated rings. The predicted molar refractivity (Wildman–Crippen MR) is 80.1 cm³/mol. The van der Waals surface area contributed by atoms with Crippen LogP contribution in [0.1, 0.15) is 37.2 Å². The van der Waals surface area contributed by atoms with E-state index in [0.717, 1.165) is 28.4 Å². The molecule has 0 radical (unpaired) electrons. The van der Waals surface area contributed by atoms with Crippen molar-refractivity contribution in [3.63, 3.8) is 0 Å². The Kier molecular flexibility index (Phi) is 3.66. The zero-order valence-electron chi connectivity index (χ0n) is 12.1. The average Bonchev–Trinajstić information content (AvgIpc) is 3.11. The Labute approximate surface area is 122 Å². The fraction of sp³-hybridized carbons (Fsp3) is 0.312. The van der Waals surface area contributed by atoms with Crippen LogP contribution >= 0.6 is 0 Å². The Morgan fingerprint density at radius 3 is 2.67 bits per heavy atom. The molecule has 1 aromatic carbocycles. The maximum atomic E-state index is 8.97. The Hall–Kier alpha value is -2.27. The molecule has 2 heterocycles. The first-order valence-electron chi connectivity index (χ1n) is 6.98. The van der Waals surface area contributed by atoms with Crippen LogP contribution in [0.4, 0.5) is 5.69 Å². The lowest BCUT2D eigenvalue weighted by atomic mass is 10.2. The van der Waals surface area contributed by atoms with E-state index in [9.17, 15) is 0 Å². The first-order chi connectivity index (χ1) is 10.2. The van der Waals surface area contributed by atoms with Crippen LogP contribution in [0.3, 0.4) is 0 Å². The quantitative estimate of drug-likeness (QED) is 0.749. The smallest absolute Gasteiger partial charge is 0.198 e. The van der Waals surface area contributed by atoms with Crippen LogP contribution in [-0.4, -0.2) is 10.1 Å². The zero-order valence-corrected chi connectivity index (χ0v) is 12.1. The number of furan rings is 1. The van der Waals surface area contributed by atoms with Gasteiger partial charge in [0.05, 0.1) is 6.54 Å². The van der Waals surface area contributed by atoms with Crippen molar-refractivity contribution in [1.29, 1.82) is 0 Å². The van der Waals surface area contributed by atoms with Crippen molar-refractivity contribution in [2.45, 2.75) is 32.9 Å². The minimum atomic E-state index is -0.0805. The van der Waals surface area contributed by atoms with Crippen LogP contribution in [-0.2, 0) is 13.2 Å². The first kappa shape index (κ1) is 13.7. The molecule has 0 bridgehead atoms. The number of fused-ring (bicyclic) bond motifs is 1. The number of nitrogens with one attached hydrogen (secondary N) is 1. The summed E-state index contributed by atoms with van der Waals surface area (Å²) < 4.78 is 11.1. The van der Waals surface area contributed by atoms with Crippen LogP contribution in [0.15, 0.2) is 39.2 Å². The molecule has 0 saturated carbocycles. The molecule has 5 nitrogen and oxygen atoms in total. The standard InChI is InChI=1S/C16H18N2O3/c1-10(2)16-18-14-7-11(3-6-15(14)21-16)17-8-12-4-5-13(9-19)20-12/h3-7,10,17,19H,8-9H2,1-2H3. The molecule has 0 aliphatic heterocycles. The van der Waals surface area contributed by atoms with Gasteiger partial charge in [-0.1, -0.05) is 13.8 Å². The topological polar surface area (TPSA) is 71.4 Å². The van der Waals surface area contributed by atoms with Crippen LogP contribution in [0.5, 0.6) is 0 Å². The van der Waals surface area contributed by atoms with E-state index in [1.165, 1.54) is 0 Å². The summed E-state index contributed by atoms with van der Waals surface area (Å²) in [6.45, 7) is 4.59. The molecule has 2 aromatic heterocycles. The zero-order chi connectivity index (χ0) is 14.8. The number of benzene rings is 1. The third-order valence-corrected chi connectivity index (χ3v) is 3.24. The van der Waals surface area contributed by atoms with E-state index in [-0.39, 0.29) is 12.5 Å². The van der Waals surface area contributed by atoms with Crippen molar-refractivity contribution >= 4 is 16.8 Å². The van der Waals surface area contributed by atoms with E-state index in [4.69, 9.17) is 13.9 Å². The number of nitrogens with zero attached hydrogens (tertiary/aromatic N) is 1. The molecule has 0 unspecified atom stereocenters. The summed E-state index contributed by atoms with van der Waals surface area (Å²) in [6.07, 6.45) is 0. The number of anilines is 1. The molecule has 0 atom stereocenters. The fourth-order valence-corrected chi connectivity index (χ4v) is 2.09. The second-order valence-corrected chi connectivity index (χ2v) is 5.27. The number of aliphatic hydroxyl groups excluding tert-OH is 1. The molecule has 3 aromatic rings. The van der Waals surface area contributed by atoms with Crippen molar-refractivity contribution in [3.8, 4) is 0 Å². The van der Waals surface area contributed by atoms with Gasteiger partial charge in [-0.25, -0.2) is 4.98 Å².